The summed E-state index contributed by atoms with van der Waals surface area (Å²) in [5.41, 5.74) is 0.0422. The van der Waals surface area contributed by atoms with Gasteiger partial charge >= 0.3 is 0 Å². The van der Waals surface area contributed by atoms with E-state index in [1.54, 1.807) is 26.0 Å². The van der Waals surface area contributed by atoms with Crippen LogP contribution in [-0.2, 0) is 15.4 Å². The van der Waals surface area contributed by atoms with Gasteiger partial charge in [0, 0.05) is 17.8 Å². The zero-order valence-electron chi connectivity index (χ0n) is 26.4. The third kappa shape index (κ3) is 6.45. The van der Waals surface area contributed by atoms with Gasteiger partial charge in [0.05, 0.1) is 32.0 Å². The molecule has 0 spiro atoms. The molecule has 40 heavy (non-hydrogen) atoms. The molecule has 12 nitrogen and oxygen atoms in total. The lowest BCUT2D eigenvalue weighted by molar-refractivity contribution is 0.192. The number of anilines is 1. The average molecular weight is 573 g/mol. The summed E-state index contributed by atoms with van der Waals surface area (Å²) in [5, 5.41) is 19.4. The summed E-state index contributed by atoms with van der Waals surface area (Å²) in [6, 6.07) is 12.9. The number of nitrogens with one attached hydrogen (secondary N) is 1. The Bertz CT molecular complexity index is 1740. The van der Waals surface area contributed by atoms with Gasteiger partial charge < -0.3 is 24.4 Å². The highest BCUT2D eigenvalue weighted by atomic mass is 32.2. The minimum Gasteiger partial charge on any atom is -0.493 e. The minimum atomic E-state index is -4.42. The van der Waals surface area contributed by atoms with E-state index >= 15 is 0 Å². The van der Waals surface area contributed by atoms with Crippen LogP contribution in [0, 0.1) is 0 Å². The van der Waals surface area contributed by atoms with E-state index in [9.17, 15) is 18.6 Å². The standard InChI is InChI=1S/C27H29N5O7S/c1-27(2,17-34)18-9-11-19(12-10-18)40(35,36)32-23-22(39-21-8-5-4-7-20(21)37-3)26(38-16-15-33)31-25(30-23)24-28-13-6-14-29-24/h4-14,33-34H,15-17H2,1-3H3,(H,30,31,32)/i3D3,15D2. The van der Waals surface area contributed by atoms with Crippen molar-refractivity contribution >= 4 is 15.8 Å². The zero-order chi connectivity index (χ0) is 33.0. The van der Waals surface area contributed by atoms with E-state index in [1.807, 2.05) is 0 Å². The molecule has 2 heterocycles. The first kappa shape index (κ1) is 22.5. The Morgan fingerprint density at radius 2 is 1.68 bits per heavy atom. The lowest BCUT2D eigenvalue weighted by Crippen LogP contribution is -2.22. The first-order valence-corrected chi connectivity index (χ1v) is 13.2. The number of ether oxygens (including phenoxy) is 3. The van der Waals surface area contributed by atoms with Crippen molar-refractivity contribution in [2.75, 3.05) is 31.5 Å². The molecule has 0 aliphatic rings. The highest BCUT2D eigenvalue weighted by Crippen LogP contribution is 2.41. The fraction of sp³-hybridized carbons (Fsp3) is 0.259. The second kappa shape index (κ2) is 12.2. The van der Waals surface area contributed by atoms with Gasteiger partial charge in [-0.2, -0.15) is 4.98 Å². The summed E-state index contributed by atoms with van der Waals surface area (Å²) < 4.78 is 83.4. The van der Waals surface area contributed by atoms with Crippen molar-refractivity contribution in [1.29, 1.82) is 0 Å². The number of methoxy groups -OCH3 is 1. The van der Waals surface area contributed by atoms with Crippen LogP contribution in [0.25, 0.3) is 11.6 Å². The van der Waals surface area contributed by atoms with Crippen molar-refractivity contribution in [2.24, 2.45) is 0 Å². The summed E-state index contributed by atoms with van der Waals surface area (Å²) in [4.78, 5) is 16.4. The summed E-state index contributed by atoms with van der Waals surface area (Å²) >= 11 is 0. The normalized spacial score (nSPS) is 14.2. The predicted octanol–water partition coefficient (Wildman–Crippen LogP) is 3.18. The van der Waals surface area contributed by atoms with E-state index in [1.165, 1.54) is 54.9 Å². The van der Waals surface area contributed by atoms with E-state index in [0.29, 0.717) is 5.56 Å². The highest BCUT2D eigenvalue weighted by molar-refractivity contribution is 7.92. The number of hydrogen-bond donors (Lipinski definition) is 3. The number of hydrogen-bond acceptors (Lipinski definition) is 11. The van der Waals surface area contributed by atoms with E-state index in [-0.39, 0.29) is 34.7 Å². The molecule has 2 aromatic heterocycles. The van der Waals surface area contributed by atoms with Crippen LogP contribution in [0.2, 0.25) is 0 Å². The van der Waals surface area contributed by atoms with Gasteiger partial charge in [0.25, 0.3) is 15.9 Å². The Kier molecular flexibility index (Phi) is 6.88. The van der Waals surface area contributed by atoms with E-state index in [2.05, 4.69) is 24.7 Å². The van der Waals surface area contributed by atoms with Gasteiger partial charge in [0.1, 0.15) is 6.61 Å². The molecule has 4 rings (SSSR count). The first-order chi connectivity index (χ1) is 21.0. The number of sulfonamides is 1. The Balaban J connectivity index is 1.88. The third-order valence-corrected chi connectivity index (χ3v) is 6.97. The zero-order valence-corrected chi connectivity index (χ0v) is 22.2. The number of aliphatic hydroxyl groups is 2. The van der Waals surface area contributed by atoms with Crippen molar-refractivity contribution < 1.29 is 39.7 Å². The Morgan fingerprint density at radius 3 is 2.33 bits per heavy atom. The number of rotatable bonds is 12. The molecule has 13 heteroatoms. The van der Waals surface area contributed by atoms with Gasteiger partial charge in [-0.3, -0.25) is 4.72 Å². The van der Waals surface area contributed by atoms with Crippen LogP contribution in [0.15, 0.2) is 71.9 Å². The molecule has 0 saturated heterocycles. The number of nitrogens with zero attached hydrogens (tertiary/aromatic N) is 4. The third-order valence-electron chi connectivity index (χ3n) is 5.62. The van der Waals surface area contributed by atoms with Crippen LogP contribution >= 0.6 is 0 Å². The molecule has 0 aliphatic carbocycles. The highest BCUT2D eigenvalue weighted by Gasteiger charge is 2.27. The van der Waals surface area contributed by atoms with Crippen molar-refractivity contribution in [1.82, 2.24) is 19.9 Å². The second-order valence-electron chi connectivity index (χ2n) is 8.87. The largest absolute Gasteiger partial charge is 0.493 e. The molecule has 4 aromatic rings. The van der Waals surface area contributed by atoms with Crippen LogP contribution in [0.3, 0.4) is 0 Å². The van der Waals surface area contributed by atoms with Crippen molar-refractivity contribution in [3.63, 3.8) is 0 Å². The van der Waals surface area contributed by atoms with Crippen molar-refractivity contribution in [3.05, 3.63) is 72.6 Å². The van der Waals surface area contributed by atoms with Gasteiger partial charge in [-0.15, -0.1) is 0 Å². The maximum atomic E-state index is 13.6. The van der Waals surface area contributed by atoms with Crippen LogP contribution in [-0.4, -0.2) is 65.4 Å². The van der Waals surface area contributed by atoms with Gasteiger partial charge in [-0.1, -0.05) is 38.1 Å². The van der Waals surface area contributed by atoms with Gasteiger partial charge in [0.2, 0.25) is 11.6 Å². The molecule has 0 saturated carbocycles. The van der Waals surface area contributed by atoms with E-state index in [4.69, 9.17) is 21.1 Å². The van der Waals surface area contributed by atoms with Crippen molar-refractivity contribution in [2.45, 2.75) is 24.2 Å². The smallest absolute Gasteiger partial charge is 0.263 e. The molecule has 0 amide bonds. The van der Waals surface area contributed by atoms with Crippen molar-refractivity contribution in [3.8, 4) is 34.8 Å². The molecular formula is C27H29N5O7S. The van der Waals surface area contributed by atoms with Gasteiger partial charge in [0.15, 0.2) is 23.1 Å². The lowest BCUT2D eigenvalue weighted by atomic mass is 9.86. The lowest BCUT2D eigenvalue weighted by Gasteiger charge is -2.22. The molecule has 0 aliphatic heterocycles. The van der Waals surface area contributed by atoms with Crippen LogP contribution in [0.5, 0.6) is 23.1 Å². The minimum absolute atomic E-state index is 0.0666. The molecule has 3 N–H and O–H groups in total. The quantitative estimate of drug-likeness (QED) is 0.228. The SMILES string of the molecule is [2H]C([2H])(O)COc1nc(-c2ncccn2)nc(NS(=O)(=O)c2ccc(C(C)(C)CO)cc2)c1Oc1ccccc1OC([2H])([2H])[2H]. The Morgan fingerprint density at radius 1 is 0.975 bits per heavy atom. The Labute approximate surface area is 238 Å². The summed E-state index contributed by atoms with van der Waals surface area (Å²) in [5.74, 6) is -2.40. The fourth-order valence-electron chi connectivity index (χ4n) is 3.40. The van der Waals surface area contributed by atoms with E-state index < -0.39 is 53.1 Å². The van der Waals surface area contributed by atoms with E-state index in [0.717, 1.165) is 0 Å². The molecule has 210 valence electrons. The molecule has 0 radical (unpaired) electrons. The maximum absolute atomic E-state index is 13.6. The molecule has 2 aromatic carbocycles. The second-order valence-corrected chi connectivity index (χ2v) is 10.6. The number of aromatic nitrogens is 4. The Hall–Kier alpha value is -4.33. The fourth-order valence-corrected chi connectivity index (χ4v) is 4.40. The summed E-state index contributed by atoms with van der Waals surface area (Å²) in [6.45, 7) is -0.424. The van der Waals surface area contributed by atoms with Crippen LogP contribution < -0.4 is 18.9 Å². The maximum Gasteiger partial charge on any atom is 0.263 e. The molecule has 0 unspecified atom stereocenters. The molecule has 0 atom stereocenters. The number of aliphatic hydroxyl groups excluding tert-OH is 1. The topological polar surface area (TPSA) is 166 Å². The number of para-hydroxylation sites is 2. The van der Waals surface area contributed by atoms with Crippen LogP contribution in [0.4, 0.5) is 5.82 Å². The van der Waals surface area contributed by atoms with Gasteiger partial charge in [-0.25, -0.2) is 23.4 Å². The first-order valence-electron chi connectivity index (χ1n) is 14.2. The molecular weight excluding hydrogens is 538 g/mol. The molecule has 0 bridgehead atoms. The number of benzene rings is 2. The summed E-state index contributed by atoms with van der Waals surface area (Å²) in [7, 11) is -7.30. The van der Waals surface area contributed by atoms with Crippen LogP contribution in [0.1, 0.15) is 26.3 Å². The van der Waals surface area contributed by atoms with Gasteiger partial charge in [-0.05, 0) is 35.9 Å². The molecule has 0 fully saturated rings. The summed E-state index contributed by atoms with van der Waals surface area (Å²) in [6.07, 6.45) is 2.76. The average Bonchev–Trinajstić information content (AvgIpc) is 2.97. The monoisotopic (exact) mass is 572 g/mol. The predicted molar refractivity (Wildman–Crippen MR) is 146 cm³/mol.